The van der Waals surface area contributed by atoms with Gasteiger partial charge in [-0.2, -0.15) is 0 Å². The smallest absolute Gasteiger partial charge is 0.264 e. The molecule has 0 N–H and O–H groups in total. The van der Waals surface area contributed by atoms with E-state index in [1.54, 1.807) is 6.07 Å². The maximum atomic E-state index is 12.9. The van der Waals surface area contributed by atoms with Crippen molar-refractivity contribution in [3.8, 4) is 5.75 Å². The lowest BCUT2D eigenvalue weighted by molar-refractivity contribution is 0.0633. The molecule has 156 valence electrons. The summed E-state index contributed by atoms with van der Waals surface area (Å²) in [4.78, 5) is 18.0. The fraction of sp³-hybridized carbons (Fsp3) is 0.261. The van der Waals surface area contributed by atoms with Crippen LogP contribution in [0.3, 0.4) is 0 Å². The van der Waals surface area contributed by atoms with E-state index in [2.05, 4.69) is 39.0 Å². The molecule has 0 radical (unpaired) electrons. The van der Waals surface area contributed by atoms with E-state index in [1.165, 1.54) is 16.9 Å². The third kappa shape index (κ3) is 5.43. The summed E-state index contributed by atoms with van der Waals surface area (Å²) in [7, 11) is 0. The van der Waals surface area contributed by atoms with Crippen LogP contribution in [-0.2, 0) is 13.2 Å². The molecule has 1 saturated heterocycles. The average Bonchev–Trinajstić information content (AvgIpc) is 3.22. The minimum Gasteiger partial charge on any atom is -0.487 e. The number of nitrogens with zero attached hydrogens (tertiary/aromatic N) is 2. The van der Waals surface area contributed by atoms with E-state index in [9.17, 15) is 4.79 Å². The lowest BCUT2D eigenvalue weighted by atomic mass is 10.2. The van der Waals surface area contributed by atoms with Crippen LogP contribution >= 0.6 is 38.9 Å². The number of carbonyl (C=O) groups excluding carboxylic acids is 1. The van der Waals surface area contributed by atoms with Gasteiger partial charge in [0.1, 0.15) is 12.4 Å². The molecule has 1 aliphatic rings. The largest absolute Gasteiger partial charge is 0.487 e. The monoisotopic (exact) mass is 504 g/mol. The highest BCUT2D eigenvalue weighted by atomic mass is 79.9. The molecule has 1 fully saturated rings. The molecule has 4 nitrogen and oxygen atoms in total. The maximum Gasteiger partial charge on any atom is 0.264 e. The Morgan fingerprint density at radius 3 is 2.60 bits per heavy atom. The molecule has 7 heteroatoms. The first kappa shape index (κ1) is 21.4. The third-order valence-electron chi connectivity index (χ3n) is 5.05. The molecule has 1 aliphatic heterocycles. The van der Waals surface area contributed by atoms with Crippen LogP contribution in [0.15, 0.2) is 64.5 Å². The van der Waals surface area contributed by atoms with Crippen molar-refractivity contribution in [1.29, 1.82) is 0 Å². The fourth-order valence-corrected chi connectivity index (χ4v) is 4.95. The van der Waals surface area contributed by atoms with Crippen molar-refractivity contribution in [2.45, 2.75) is 13.2 Å². The molecule has 1 amide bonds. The van der Waals surface area contributed by atoms with Crippen molar-refractivity contribution in [1.82, 2.24) is 9.80 Å². The summed E-state index contributed by atoms with van der Waals surface area (Å²) in [5, 5.41) is 2.57. The molecule has 1 aromatic heterocycles. The number of hydrogen-bond acceptors (Lipinski definition) is 4. The second-order valence-corrected chi connectivity index (χ2v) is 9.47. The quantitative estimate of drug-likeness (QED) is 0.431. The van der Waals surface area contributed by atoms with Crippen LogP contribution in [0.25, 0.3) is 0 Å². The predicted molar refractivity (Wildman–Crippen MR) is 125 cm³/mol. The Bertz CT molecular complexity index is 1020. The van der Waals surface area contributed by atoms with E-state index in [-0.39, 0.29) is 5.91 Å². The summed E-state index contributed by atoms with van der Waals surface area (Å²) in [6.07, 6.45) is 0. The van der Waals surface area contributed by atoms with E-state index >= 15 is 0 Å². The van der Waals surface area contributed by atoms with Crippen LogP contribution in [-0.4, -0.2) is 41.9 Å². The number of piperazine rings is 1. The third-order valence-corrected chi connectivity index (χ3v) is 6.82. The van der Waals surface area contributed by atoms with E-state index in [1.807, 2.05) is 40.6 Å². The fourth-order valence-electron chi connectivity index (χ4n) is 3.44. The van der Waals surface area contributed by atoms with E-state index in [0.29, 0.717) is 17.4 Å². The van der Waals surface area contributed by atoms with Gasteiger partial charge in [0.15, 0.2) is 0 Å². The molecule has 0 atom stereocenters. The second kappa shape index (κ2) is 9.96. The lowest BCUT2D eigenvalue weighted by Crippen LogP contribution is -2.48. The first-order valence-corrected chi connectivity index (χ1v) is 11.8. The van der Waals surface area contributed by atoms with Crippen LogP contribution in [0, 0.1) is 0 Å². The molecular formula is C23H22BrClN2O2S. The molecular weight excluding hydrogens is 484 g/mol. The van der Waals surface area contributed by atoms with E-state index in [0.717, 1.165) is 47.6 Å². The minimum absolute atomic E-state index is 0.103. The van der Waals surface area contributed by atoms with Gasteiger partial charge in [0.2, 0.25) is 0 Å². The van der Waals surface area contributed by atoms with Gasteiger partial charge in [-0.3, -0.25) is 9.69 Å². The molecule has 0 aliphatic carbocycles. The highest BCUT2D eigenvalue weighted by molar-refractivity contribution is 9.10. The van der Waals surface area contributed by atoms with Crippen molar-refractivity contribution in [3.63, 3.8) is 0 Å². The molecule has 3 aromatic rings. The van der Waals surface area contributed by atoms with Gasteiger partial charge in [0.05, 0.1) is 9.90 Å². The Morgan fingerprint density at radius 1 is 1.03 bits per heavy atom. The first-order chi connectivity index (χ1) is 14.6. The molecule has 2 aromatic carbocycles. The van der Waals surface area contributed by atoms with Gasteiger partial charge in [0, 0.05) is 42.8 Å². The molecule has 2 heterocycles. The highest BCUT2D eigenvalue weighted by Gasteiger charge is 2.23. The number of halogens is 2. The Labute approximate surface area is 194 Å². The number of carbonyl (C=O) groups is 1. The van der Waals surface area contributed by atoms with Crippen molar-refractivity contribution in [3.05, 3.63) is 85.5 Å². The molecule has 30 heavy (non-hydrogen) atoms. The summed E-state index contributed by atoms with van der Waals surface area (Å²) in [5.74, 6) is 0.755. The number of ether oxygens (including phenoxy) is 1. The van der Waals surface area contributed by atoms with Crippen molar-refractivity contribution < 1.29 is 9.53 Å². The molecule has 0 saturated carbocycles. The summed E-state index contributed by atoms with van der Waals surface area (Å²) in [6, 6.07) is 17.7. The van der Waals surface area contributed by atoms with E-state index < -0.39 is 0 Å². The Kier molecular flexibility index (Phi) is 7.10. The highest BCUT2D eigenvalue weighted by Crippen LogP contribution is 2.25. The summed E-state index contributed by atoms with van der Waals surface area (Å²) >= 11 is 11.1. The second-order valence-electron chi connectivity index (χ2n) is 7.24. The zero-order chi connectivity index (χ0) is 20.9. The number of rotatable bonds is 6. The van der Waals surface area contributed by atoms with Gasteiger partial charge in [-0.25, -0.2) is 0 Å². The van der Waals surface area contributed by atoms with Gasteiger partial charge in [-0.05, 0) is 41.3 Å². The van der Waals surface area contributed by atoms with Crippen molar-refractivity contribution in [2.24, 2.45) is 0 Å². The number of para-hydroxylation sites is 1. The Balaban J connectivity index is 1.29. The van der Waals surface area contributed by atoms with Gasteiger partial charge in [-0.1, -0.05) is 51.8 Å². The van der Waals surface area contributed by atoms with Gasteiger partial charge >= 0.3 is 0 Å². The molecule has 0 unspecified atom stereocenters. The van der Waals surface area contributed by atoms with Gasteiger partial charge < -0.3 is 9.64 Å². The molecule has 4 rings (SSSR count). The summed E-state index contributed by atoms with van der Waals surface area (Å²) in [5.41, 5.74) is 2.27. The summed E-state index contributed by atoms with van der Waals surface area (Å²) < 4.78 is 6.88. The topological polar surface area (TPSA) is 32.8 Å². The standard InChI is InChI=1S/C23H22BrClN2O2S/c24-19-5-3-4-17(12-19)14-26-8-10-27(11-9-26)23(28)22-13-18(16-30-22)15-29-21-7-2-1-6-20(21)25/h1-7,12-13,16H,8-11,14-15H2. The number of thiophene rings is 1. The summed E-state index contributed by atoms with van der Waals surface area (Å²) in [6.45, 7) is 4.56. The van der Waals surface area contributed by atoms with Crippen LogP contribution < -0.4 is 4.74 Å². The van der Waals surface area contributed by atoms with E-state index in [4.69, 9.17) is 16.3 Å². The first-order valence-electron chi connectivity index (χ1n) is 9.79. The molecule has 0 spiro atoms. The maximum absolute atomic E-state index is 12.9. The van der Waals surface area contributed by atoms with Gasteiger partial charge in [-0.15, -0.1) is 11.3 Å². The zero-order valence-corrected chi connectivity index (χ0v) is 19.5. The van der Waals surface area contributed by atoms with Gasteiger partial charge in [0.25, 0.3) is 5.91 Å². The minimum atomic E-state index is 0.103. The Hall–Kier alpha value is -1.86. The molecule has 0 bridgehead atoms. The Morgan fingerprint density at radius 2 is 1.83 bits per heavy atom. The lowest BCUT2D eigenvalue weighted by Gasteiger charge is -2.34. The van der Waals surface area contributed by atoms with Crippen molar-refractivity contribution >= 4 is 44.8 Å². The average molecular weight is 506 g/mol. The predicted octanol–water partition coefficient (Wildman–Crippen LogP) is 5.70. The number of hydrogen-bond donors (Lipinski definition) is 0. The SMILES string of the molecule is O=C(c1cc(COc2ccccc2Cl)cs1)N1CCN(Cc2cccc(Br)c2)CC1. The van der Waals surface area contributed by atoms with Crippen molar-refractivity contribution in [2.75, 3.05) is 26.2 Å². The number of amides is 1. The zero-order valence-electron chi connectivity index (χ0n) is 16.4. The number of benzene rings is 2. The van der Waals surface area contributed by atoms with Crippen LogP contribution in [0.1, 0.15) is 20.8 Å². The normalized spacial score (nSPS) is 14.7. The van der Waals surface area contributed by atoms with Crippen LogP contribution in [0.5, 0.6) is 5.75 Å². The van der Waals surface area contributed by atoms with Crippen LogP contribution in [0.2, 0.25) is 5.02 Å². The van der Waals surface area contributed by atoms with Crippen LogP contribution in [0.4, 0.5) is 0 Å².